The largest absolute Gasteiger partial charge is 0.478 e. The van der Waals surface area contributed by atoms with Gasteiger partial charge in [-0.2, -0.15) is 13.2 Å². The SMILES string of the molecule is CCN(Cc1sccc1C=CC(=O)O)CC(F)(F)F. The summed E-state index contributed by atoms with van der Waals surface area (Å²) in [5, 5.41) is 10.3. The van der Waals surface area contributed by atoms with E-state index in [0.717, 1.165) is 11.0 Å². The monoisotopic (exact) mass is 293 g/mol. The molecule has 0 bridgehead atoms. The summed E-state index contributed by atoms with van der Waals surface area (Å²) in [5.74, 6) is -1.08. The summed E-state index contributed by atoms with van der Waals surface area (Å²) in [7, 11) is 0. The topological polar surface area (TPSA) is 40.5 Å². The molecule has 1 aromatic rings. The van der Waals surface area contributed by atoms with Gasteiger partial charge in [0, 0.05) is 17.5 Å². The van der Waals surface area contributed by atoms with Crippen molar-refractivity contribution in [1.82, 2.24) is 4.90 Å². The van der Waals surface area contributed by atoms with Crippen LogP contribution in [-0.2, 0) is 11.3 Å². The van der Waals surface area contributed by atoms with Crippen LogP contribution in [-0.4, -0.2) is 35.2 Å². The molecule has 1 heterocycles. The molecule has 1 aromatic heterocycles. The molecule has 3 nitrogen and oxygen atoms in total. The van der Waals surface area contributed by atoms with Crippen molar-refractivity contribution in [3.05, 3.63) is 28.0 Å². The zero-order valence-corrected chi connectivity index (χ0v) is 11.1. The van der Waals surface area contributed by atoms with Crippen molar-refractivity contribution < 1.29 is 23.1 Å². The molecule has 0 aromatic carbocycles. The van der Waals surface area contributed by atoms with Gasteiger partial charge in [-0.15, -0.1) is 11.3 Å². The first kappa shape index (κ1) is 15.7. The van der Waals surface area contributed by atoms with Crippen LogP contribution in [0.1, 0.15) is 17.4 Å². The van der Waals surface area contributed by atoms with Crippen LogP contribution in [0.25, 0.3) is 6.08 Å². The first-order valence-electron chi connectivity index (χ1n) is 5.58. The van der Waals surface area contributed by atoms with Gasteiger partial charge in [-0.3, -0.25) is 4.90 Å². The molecule has 1 rings (SSSR count). The second-order valence-electron chi connectivity index (χ2n) is 3.89. The van der Waals surface area contributed by atoms with Gasteiger partial charge in [0.2, 0.25) is 0 Å². The lowest BCUT2D eigenvalue weighted by atomic mass is 10.2. The number of carbonyl (C=O) groups is 1. The van der Waals surface area contributed by atoms with Crippen LogP contribution in [0.4, 0.5) is 13.2 Å². The van der Waals surface area contributed by atoms with Crippen molar-refractivity contribution in [2.24, 2.45) is 0 Å². The van der Waals surface area contributed by atoms with E-state index in [-0.39, 0.29) is 13.1 Å². The van der Waals surface area contributed by atoms with E-state index < -0.39 is 18.7 Å². The Kier molecular flexibility index (Phi) is 5.56. The molecule has 0 atom stereocenters. The lowest BCUT2D eigenvalue weighted by molar-refractivity contribution is -0.146. The number of carboxylic acids is 1. The highest BCUT2D eigenvalue weighted by atomic mass is 32.1. The zero-order chi connectivity index (χ0) is 14.5. The van der Waals surface area contributed by atoms with Gasteiger partial charge in [0.1, 0.15) is 0 Å². The Morgan fingerprint density at radius 2 is 2.21 bits per heavy atom. The summed E-state index contributed by atoms with van der Waals surface area (Å²) in [6.45, 7) is 1.13. The van der Waals surface area contributed by atoms with E-state index in [2.05, 4.69) is 0 Å². The Morgan fingerprint density at radius 1 is 1.53 bits per heavy atom. The summed E-state index contributed by atoms with van der Waals surface area (Å²) in [5.41, 5.74) is 0.646. The van der Waals surface area contributed by atoms with Crippen molar-refractivity contribution >= 4 is 23.4 Å². The van der Waals surface area contributed by atoms with Gasteiger partial charge in [0.05, 0.1) is 6.54 Å². The van der Waals surface area contributed by atoms with E-state index in [4.69, 9.17) is 5.11 Å². The Labute approximate surface area is 113 Å². The van der Waals surface area contributed by atoms with Crippen molar-refractivity contribution in [1.29, 1.82) is 0 Å². The van der Waals surface area contributed by atoms with E-state index >= 15 is 0 Å². The third kappa shape index (κ3) is 5.89. The molecule has 106 valence electrons. The van der Waals surface area contributed by atoms with Gasteiger partial charge in [0.15, 0.2) is 0 Å². The molecule has 0 spiro atoms. The first-order valence-corrected chi connectivity index (χ1v) is 6.46. The van der Waals surface area contributed by atoms with Gasteiger partial charge >= 0.3 is 12.1 Å². The summed E-state index contributed by atoms with van der Waals surface area (Å²) >= 11 is 1.32. The lowest BCUT2D eigenvalue weighted by Crippen LogP contribution is -2.33. The summed E-state index contributed by atoms with van der Waals surface area (Å²) in [6.07, 6.45) is -1.86. The highest BCUT2D eigenvalue weighted by Crippen LogP contribution is 2.23. The van der Waals surface area contributed by atoms with Crippen molar-refractivity contribution in [3.63, 3.8) is 0 Å². The average molecular weight is 293 g/mol. The number of rotatable bonds is 6. The van der Waals surface area contributed by atoms with Crippen LogP contribution < -0.4 is 0 Å². The number of aliphatic carboxylic acids is 1. The van der Waals surface area contributed by atoms with Crippen LogP contribution in [0, 0.1) is 0 Å². The Bertz CT molecular complexity index is 454. The van der Waals surface area contributed by atoms with Crippen LogP contribution in [0.3, 0.4) is 0 Å². The van der Waals surface area contributed by atoms with Gasteiger partial charge in [-0.25, -0.2) is 4.79 Å². The van der Waals surface area contributed by atoms with E-state index in [1.54, 1.807) is 18.4 Å². The minimum atomic E-state index is -4.23. The number of hydrogen-bond donors (Lipinski definition) is 1. The number of carboxylic acid groups (broad SMARTS) is 1. The summed E-state index contributed by atoms with van der Waals surface area (Å²) in [6, 6.07) is 1.70. The van der Waals surface area contributed by atoms with Gasteiger partial charge in [0.25, 0.3) is 0 Å². The molecular formula is C12H14F3NO2S. The molecule has 1 N–H and O–H groups in total. The van der Waals surface area contributed by atoms with E-state index in [0.29, 0.717) is 5.56 Å². The number of halogens is 3. The fourth-order valence-electron chi connectivity index (χ4n) is 1.52. The minimum absolute atomic E-state index is 0.160. The zero-order valence-electron chi connectivity index (χ0n) is 10.3. The Balaban J connectivity index is 2.75. The third-order valence-electron chi connectivity index (χ3n) is 2.40. The van der Waals surface area contributed by atoms with Crippen molar-refractivity contribution in [2.45, 2.75) is 19.6 Å². The maximum Gasteiger partial charge on any atom is 0.401 e. The second-order valence-corrected chi connectivity index (χ2v) is 4.89. The molecule has 0 aliphatic heterocycles. The number of nitrogens with zero attached hydrogens (tertiary/aromatic N) is 1. The normalized spacial score (nSPS) is 12.5. The van der Waals surface area contributed by atoms with Crippen molar-refractivity contribution in [3.8, 4) is 0 Å². The van der Waals surface area contributed by atoms with Crippen LogP contribution in [0.15, 0.2) is 17.5 Å². The Morgan fingerprint density at radius 3 is 2.74 bits per heavy atom. The van der Waals surface area contributed by atoms with Crippen molar-refractivity contribution in [2.75, 3.05) is 13.1 Å². The fourth-order valence-corrected chi connectivity index (χ4v) is 2.43. The van der Waals surface area contributed by atoms with E-state index in [1.807, 2.05) is 0 Å². The fraction of sp³-hybridized carbons (Fsp3) is 0.417. The maximum atomic E-state index is 12.3. The molecule has 0 saturated heterocycles. The Hall–Kier alpha value is -1.34. The highest BCUT2D eigenvalue weighted by molar-refractivity contribution is 7.10. The van der Waals surface area contributed by atoms with Crippen LogP contribution in [0.2, 0.25) is 0 Å². The lowest BCUT2D eigenvalue weighted by Gasteiger charge is -2.21. The quantitative estimate of drug-likeness (QED) is 0.819. The molecule has 0 amide bonds. The molecule has 0 fully saturated rings. The first-order chi connectivity index (χ1) is 8.81. The molecule has 0 aliphatic carbocycles. The number of hydrogen-bond acceptors (Lipinski definition) is 3. The summed E-state index contributed by atoms with van der Waals surface area (Å²) in [4.78, 5) is 12.4. The third-order valence-corrected chi connectivity index (χ3v) is 3.32. The second kappa shape index (κ2) is 6.72. The number of alkyl halides is 3. The molecule has 0 saturated carbocycles. The maximum absolute atomic E-state index is 12.3. The highest BCUT2D eigenvalue weighted by Gasteiger charge is 2.30. The summed E-state index contributed by atoms with van der Waals surface area (Å²) < 4.78 is 37.0. The predicted octanol–water partition coefficient (Wildman–Crippen LogP) is 3.23. The molecule has 0 unspecified atom stereocenters. The van der Waals surface area contributed by atoms with E-state index in [9.17, 15) is 18.0 Å². The standard InChI is InChI=1S/C12H14F3NO2S/c1-2-16(8-12(13,14)15)7-10-9(5-6-19-10)3-4-11(17)18/h3-6H,2,7-8H2,1H3,(H,17,18). The van der Waals surface area contributed by atoms with Crippen LogP contribution in [0.5, 0.6) is 0 Å². The molecule has 19 heavy (non-hydrogen) atoms. The van der Waals surface area contributed by atoms with Crippen LogP contribution >= 0.6 is 11.3 Å². The molecular weight excluding hydrogens is 279 g/mol. The van der Waals surface area contributed by atoms with Gasteiger partial charge in [-0.1, -0.05) is 6.92 Å². The van der Waals surface area contributed by atoms with Gasteiger partial charge in [-0.05, 0) is 29.6 Å². The molecule has 0 aliphatic rings. The molecule has 0 radical (unpaired) electrons. The molecule has 7 heteroatoms. The minimum Gasteiger partial charge on any atom is -0.478 e. The van der Waals surface area contributed by atoms with Gasteiger partial charge < -0.3 is 5.11 Å². The predicted molar refractivity (Wildman–Crippen MR) is 68.0 cm³/mol. The van der Waals surface area contributed by atoms with E-state index in [1.165, 1.54) is 22.3 Å². The number of thiophene rings is 1. The smallest absolute Gasteiger partial charge is 0.401 e. The average Bonchev–Trinajstić information content (AvgIpc) is 2.71.